The Balaban J connectivity index is 0.000000403. The van der Waals surface area contributed by atoms with Crippen LogP contribution in [0.4, 0.5) is 0 Å². The summed E-state index contributed by atoms with van der Waals surface area (Å²) in [5.74, 6) is 0.421. The third kappa shape index (κ3) is 6.68. The van der Waals surface area contributed by atoms with Gasteiger partial charge in [-0.3, -0.25) is 5.78 Å². The van der Waals surface area contributed by atoms with Crippen LogP contribution in [0.1, 0.15) is 62.3 Å². The predicted octanol–water partition coefficient (Wildman–Crippen LogP) is 5.27. The summed E-state index contributed by atoms with van der Waals surface area (Å²) in [6.45, 7) is 11.6. The summed E-state index contributed by atoms with van der Waals surface area (Å²) in [7, 11) is 0. The standard InChI is InChI=1S/2C10H13O.Fe/c2*1-10(2,3)9(11)8-6-4-5-7-8;/h2*4-7H,1-3H3;/q-5;-1;. The zero-order chi connectivity index (χ0) is 17.0. The van der Waals surface area contributed by atoms with Crippen LogP contribution in [0.2, 0.25) is 0 Å². The van der Waals surface area contributed by atoms with Crippen LogP contribution in [0.5, 0.6) is 0 Å². The van der Waals surface area contributed by atoms with Gasteiger partial charge in [0.15, 0.2) is 0 Å². The van der Waals surface area contributed by atoms with E-state index in [2.05, 4.69) is 0 Å². The zero-order valence-corrected chi connectivity index (χ0v) is 15.9. The number of hydrogen-bond donors (Lipinski definition) is 0. The molecule has 2 aromatic rings. The molecule has 0 aliphatic rings. The van der Waals surface area contributed by atoms with E-state index in [0.717, 1.165) is 11.1 Å². The molecule has 2 aromatic carbocycles. The molecule has 0 spiro atoms. The van der Waals surface area contributed by atoms with Gasteiger partial charge in [0.1, 0.15) is 5.78 Å². The summed E-state index contributed by atoms with van der Waals surface area (Å²) in [6.07, 6.45) is 0. The average molecular weight is 354 g/mol. The van der Waals surface area contributed by atoms with Gasteiger partial charge in [0, 0.05) is 22.5 Å². The minimum absolute atomic E-state index is 0. The Kier molecular flexibility index (Phi) is 7.89. The molecule has 0 aromatic heterocycles. The number of rotatable bonds is 2. The number of hydrogen-bond acceptors (Lipinski definition) is 2. The second-order valence-electron chi connectivity index (χ2n) is 7.51. The van der Waals surface area contributed by atoms with Crippen molar-refractivity contribution in [3.63, 3.8) is 0 Å². The second kappa shape index (κ2) is 8.42. The van der Waals surface area contributed by atoms with Gasteiger partial charge >= 0.3 is 0 Å². The Labute approximate surface area is 150 Å². The fraction of sp³-hybridized carbons (Fsp3) is 0.400. The molecule has 2 rings (SSSR count). The number of carbonyl (C=O) groups is 2. The van der Waals surface area contributed by atoms with Crippen molar-refractivity contribution < 1.29 is 26.7 Å². The van der Waals surface area contributed by atoms with Gasteiger partial charge in [-0.15, -0.1) is 5.41 Å². The number of Topliss-reactive ketones (excluding diaryl/α,β-unsaturated/α-hetero) is 2. The van der Waals surface area contributed by atoms with Gasteiger partial charge in [-0.05, 0) is 0 Å². The molecule has 0 heterocycles. The maximum Gasteiger partial charge on any atom is 0.114 e. The van der Waals surface area contributed by atoms with Crippen molar-refractivity contribution in [1.82, 2.24) is 0 Å². The maximum atomic E-state index is 11.5. The van der Waals surface area contributed by atoms with Crippen molar-refractivity contribution in [2.45, 2.75) is 41.5 Å². The van der Waals surface area contributed by atoms with E-state index in [1.807, 2.05) is 90.1 Å². The molecule has 0 amide bonds. The molecule has 0 bridgehead atoms. The second-order valence-corrected chi connectivity index (χ2v) is 7.51. The van der Waals surface area contributed by atoms with E-state index < -0.39 is 0 Å². The van der Waals surface area contributed by atoms with E-state index in [1.54, 1.807) is 0 Å². The first-order chi connectivity index (χ1) is 10.0. The van der Waals surface area contributed by atoms with E-state index in [1.165, 1.54) is 0 Å². The Morgan fingerprint density at radius 2 is 1.17 bits per heavy atom. The van der Waals surface area contributed by atoms with E-state index in [4.69, 9.17) is 0 Å². The normalized spacial score (nSPS) is 11.0. The predicted molar refractivity (Wildman–Crippen MR) is 91.6 cm³/mol. The topological polar surface area (TPSA) is 34.1 Å². The summed E-state index contributed by atoms with van der Waals surface area (Å²) in [6, 6.07) is 15.0. The van der Waals surface area contributed by atoms with E-state index >= 15 is 0 Å². The Morgan fingerprint density at radius 3 is 1.52 bits per heavy atom. The van der Waals surface area contributed by atoms with Crippen LogP contribution in [0.25, 0.3) is 0 Å². The molecular weight excluding hydrogens is 328 g/mol. The summed E-state index contributed by atoms with van der Waals surface area (Å²) in [5, 5.41) is 0. The van der Waals surface area contributed by atoms with Crippen LogP contribution in [0.15, 0.2) is 48.5 Å². The third-order valence-electron chi connectivity index (χ3n) is 3.21. The van der Waals surface area contributed by atoms with Crippen molar-refractivity contribution in [3.05, 3.63) is 59.7 Å². The van der Waals surface area contributed by atoms with E-state index in [-0.39, 0.29) is 39.5 Å². The third-order valence-corrected chi connectivity index (χ3v) is 3.21. The first-order valence-electron chi connectivity index (χ1n) is 7.56. The van der Waals surface area contributed by atoms with Gasteiger partial charge in [-0.2, -0.15) is 12.1 Å². The largest absolute Gasteiger partial charge is 0.718 e. The molecule has 3 heteroatoms. The van der Waals surface area contributed by atoms with Crippen LogP contribution in [-0.2, 0) is 17.1 Å². The molecule has 132 valence electrons. The minimum Gasteiger partial charge on any atom is -0.718 e. The molecule has 2 nitrogen and oxygen atoms in total. The number of ketones is 2. The van der Waals surface area contributed by atoms with Gasteiger partial charge in [-0.1, -0.05) is 47.1 Å². The SMILES string of the molecule is CC(C)(C)C(=O)[c-]1[cH-][cH-][cH-][cH-]1.CC(C)(C)C(=O)[c-]1cccc1.[Fe]. The van der Waals surface area contributed by atoms with Crippen molar-refractivity contribution in [1.29, 1.82) is 0 Å². The Hall–Kier alpha value is -1.44. The summed E-state index contributed by atoms with van der Waals surface area (Å²) in [4.78, 5) is 23.1. The van der Waals surface area contributed by atoms with Crippen LogP contribution in [-0.4, -0.2) is 11.6 Å². The first-order valence-corrected chi connectivity index (χ1v) is 7.56. The van der Waals surface area contributed by atoms with Crippen LogP contribution < -0.4 is 0 Å². The summed E-state index contributed by atoms with van der Waals surface area (Å²) in [5.41, 5.74) is 1.12. The Morgan fingerprint density at radius 1 is 0.783 bits per heavy atom. The summed E-state index contributed by atoms with van der Waals surface area (Å²) < 4.78 is 0. The van der Waals surface area contributed by atoms with Crippen molar-refractivity contribution in [2.24, 2.45) is 10.8 Å². The van der Waals surface area contributed by atoms with E-state index in [0.29, 0.717) is 0 Å². The molecule has 0 saturated heterocycles. The van der Waals surface area contributed by atoms with Crippen LogP contribution in [0, 0.1) is 10.8 Å². The van der Waals surface area contributed by atoms with Crippen molar-refractivity contribution in [2.75, 3.05) is 0 Å². The van der Waals surface area contributed by atoms with Gasteiger partial charge in [0.25, 0.3) is 0 Å². The van der Waals surface area contributed by atoms with Crippen LogP contribution >= 0.6 is 0 Å². The van der Waals surface area contributed by atoms with Gasteiger partial charge in [0.2, 0.25) is 0 Å². The molecule has 23 heavy (non-hydrogen) atoms. The molecule has 0 fully saturated rings. The molecule has 0 N–H and O–H groups in total. The monoisotopic (exact) mass is 354 g/mol. The molecule has 0 atom stereocenters. The van der Waals surface area contributed by atoms with Crippen molar-refractivity contribution in [3.8, 4) is 0 Å². The molecule has 0 radical (unpaired) electrons. The number of carbonyl (C=O) groups excluding carboxylic acids is 2. The zero-order valence-electron chi connectivity index (χ0n) is 14.8. The molecule has 0 aliphatic heterocycles. The maximum absolute atomic E-state index is 11.5. The fourth-order valence-electron chi connectivity index (χ4n) is 1.92. The fourth-order valence-corrected chi connectivity index (χ4v) is 1.92. The van der Waals surface area contributed by atoms with Crippen molar-refractivity contribution >= 4 is 11.6 Å². The molecule has 0 aliphatic carbocycles. The van der Waals surface area contributed by atoms with Gasteiger partial charge in [0.05, 0.1) is 0 Å². The molecular formula is C20H26FeO2-6. The molecule has 0 saturated carbocycles. The minimum atomic E-state index is -0.256. The van der Waals surface area contributed by atoms with Gasteiger partial charge in [-0.25, -0.2) is 12.1 Å². The smallest absolute Gasteiger partial charge is 0.114 e. The average Bonchev–Trinajstić information content (AvgIpc) is 3.08. The first kappa shape index (κ1) is 21.6. The van der Waals surface area contributed by atoms with Gasteiger partial charge < -0.3 is 39.4 Å². The molecule has 0 unspecified atom stereocenters. The van der Waals surface area contributed by atoms with E-state index in [9.17, 15) is 9.59 Å². The Bertz CT molecular complexity index is 535. The van der Waals surface area contributed by atoms with Crippen LogP contribution in [0.3, 0.4) is 0 Å². The quantitative estimate of drug-likeness (QED) is 0.418. The summed E-state index contributed by atoms with van der Waals surface area (Å²) >= 11 is 0.